The predicted molar refractivity (Wildman–Crippen MR) is 72.2 cm³/mol. The molecule has 0 spiro atoms. The Bertz CT molecular complexity index is 710. The number of carbonyl (C=O) groups is 1. The van der Waals surface area contributed by atoms with E-state index in [1.165, 1.54) is 18.2 Å². The van der Waals surface area contributed by atoms with Crippen molar-refractivity contribution < 1.29 is 22.7 Å². The second-order valence-corrected chi connectivity index (χ2v) is 4.64. The highest BCUT2D eigenvalue weighted by atomic mass is 32.1. The molecule has 2 aromatic rings. The SMILES string of the molecule is O=C(OCc1cccc(C(F)(F)F)c1)c1cccc(=S)[nH]1. The predicted octanol–water partition coefficient (Wildman–Crippen LogP) is 4.12. The van der Waals surface area contributed by atoms with Crippen molar-refractivity contribution in [2.24, 2.45) is 0 Å². The number of alkyl halides is 3. The highest BCUT2D eigenvalue weighted by Gasteiger charge is 2.30. The Hall–Kier alpha value is -2.15. The highest BCUT2D eigenvalue weighted by Crippen LogP contribution is 2.29. The Morgan fingerprint density at radius 1 is 1.19 bits per heavy atom. The monoisotopic (exact) mass is 313 g/mol. The van der Waals surface area contributed by atoms with Crippen molar-refractivity contribution in [3.63, 3.8) is 0 Å². The molecule has 0 saturated heterocycles. The van der Waals surface area contributed by atoms with E-state index in [0.29, 0.717) is 4.64 Å². The number of ether oxygens (including phenoxy) is 1. The Balaban J connectivity index is 2.07. The molecular weight excluding hydrogens is 303 g/mol. The van der Waals surface area contributed by atoms with Gasteiger partial charge in [-0.15, -0.1) is 0 Å². The fraction of sp³-hybridized carbons (Fsp3) is 0.143. The lowest BCUT2D eigenvalue weighted by atomic mass is 10.1. The molecule has 110 valence electrons. The molecule has 0 unspecified atom stereocenters. The number of hydrogen-bond donors (Lipinski definition) is 1. The average molecular weight is 313 g/mol. The van der Waals surface area contributed by atoms with E-state index in [9.17, 15) is 18.0 Å². The molecule has 1 aromatic carbocycles. The van der Waals surface area contributed by atoms with Gasteiger partial charge in [-0.05, 0) is 29.8 Å². The van der Waals surface area contributed by atoms with Crippen molar-refractivity contribution in [3.8, 4) is 0 Å². The number of hydrogen-bond acceptors (Lipinski definition) is 3. The van der Waals surface area contributed by atoms with Crippen molar-refractivity contribution in [1.82, 2.24) is 4.98 Å². The van der Waals surface area contributed by atoms with E-state index >= 15 is 0 Å². The molecular formula is C14H10F3NO2S. The van der Waals surface area contributed by atoms with Crippen LogP contribution in [-0.4, -0.2) is 11.0 Å². The minimum Gasteiger partial charge on any atom is -0.456 e. The number of pyridine rings is 1. The van der Waals surface area contributed by atoms with Crippen LogP contribution in [0.15, 0.2) is 42.5 Å². The number of H-pyrrole nitrogens is 1. The third-order valence-electron chi connectivity index (χ3n) is 2.61. The zero-order valence-electron chi connectivity index (χ0n) is 10.6. The maximum atomic E-state index is 12.6. The Kier molecular flexibility index (Phi) is 4.42. The topological polar surface area (TPSA) is 42.1 Å². The number of rotatable bonds is 3. The van der Waals surface area contributed by atoms with Gasteiger partial charge in [0, 0.05) is 0 Å². The zero-order chi connectivity index (χ0) is 15.5. The first-order valence-electron chi connectivity index (χ1n) is 5.89. The van der Waals surface area contributed by atoms with Crippen LogP contribution >= 0.6 is 12.2 Å². The maximum Gasteiger partial charge on any atom is 0.416 e. The normalized spacial score (nSPS) is 11.2. The number of halogens is 3. The van der Waals surface area contributed by atoms with Crippen molar-refractivity contribution in [3.05, 3.63) is 63.9 Å². The molecule has 7 heteroatoms. The van der Waals surface area contributed by atoms with Crippen LogP contribution in [0.4, 0.5) is 13.2 Å². The average Bonchev–Trinajstić information content (AvgIpc) is 2.44. The van der Waals surface area contributed by atoms with Crippen molar-refractivity contribution >= 4 is 18.2 Å². The summed E-state index contributed by atoms with van der Waals surface area (Å²) in [5, 5.41) is 0. The van der Waals surface area contributed by atoms with Gasteiger partial charge < -0.3 is 9.72 Å². The summed E-state index contributed by atoms with van der Waals surface area (Å²) in [6, 6.07) is 9.28. The molecule has 0 atom stereocenters. The summed E-state index contributed by atoms with van der Waals surface area (Å²) in [7, 11) is 0. The summed E-state index contributed by atoms with van der Waals surface area (Å²) in [5.41, 5.74) is -0.377. The van der Waals surface area contributed by atoms with Crippen LogP contribution < -0.4 is 0 Å². The molecule has 1 N–H and O–H groups in total. The first kappa shape index (κ1) is 15.2. The van der Waals surface area contributed by atoms with Crippen LogP contribution in [0.2, 0.25) is 0 Å². The molecule has 0 fully saturated rings. The van der Waals surface area contributed by atoms with Gasteiger partial charge in [-0.2, -0.15) is 13.2 Å². The summed E-state index contributed by atoms with van der Waals surface area (Å²) in [6.07, 6.45) is -4.43. The molecule has 21 heavy (non-hydrogen) atoms. The Labute approximate surface area is 123 Å². The highest BCUT2D eigenvalue weighted by molar-refractivity contribution is 7.71. The molecule has 3 nitrogen and oxygen atoms in total. The molecule has 0 saturated carbocycles. The van der Waals surface area contributed by atoms with Crippen LogP contribution in [-0.2, 0) is 17.5 Å². The van der Waals surface area contributed by atoms with Gasteiger partial charge >= 0.3 is 12.1 Å². The van der Waals surface area contributed by atoms with Crippen LogP contribution in [0.1, 0.15) is 21.6 Å². The van der Waals surface area contributed by atoms with Gasteiger partial charge in [0.05, 0.1) is 5.56 Å². The van der Waals surface area contributed by atoms with E-state index in [4.69, 9.17) is 17.0 Å². The molecule has 0 aliphatic rings. The molecule has 0 radical (unpaired) electrons. The van der Waals surface area contributed by atoms with Gasteiger partial charge in [0.15, 0.2) is 0 Å². The Morgan fingerprint density at radius 3 is 2.57 bits per heavy atom. The molecule has 0 bridgehead atoms. The number of esters is 1. The standard InChI is InChI=1S/C14H10F3NO2S/c15-14(16,17)10-4-1-3-9(7-10)8-20-13(19)11-5-2-6-12(21)18-11/h1-7H,8H2,(H,18,21). The third-order valence-corrected chi connectivity index (χ3v) is 2.85. The molecule has 1 aromatic heterocycles. The number of nitrogens with one attached hydrogen (secondary N) is 1. The number of carbonyl (C=O) groups excluding carboxylic acids is 1. The van der Waals surface area contributed by atoms with Gasteiger partial charge in [-0.1, -0.05) is 30.4 Å². The van der Waals surface area contributed by atoms with Crippen molar-refractivity contribution in [2.45, 2.75) is 12.8 Å². The zero-order valence-corrected chi connectivity index (χ0v) is 11.4. The van der Waals surface area contributed by atoms with E-state index in [0.717, 1.165) is 12.1 Å². The van der Waals surface area contributed by atoms with E-state index in [-0.39, 0.29) is 17.9 Å². The van der Waals surface area contributed by atoms with Crippen LogP contribution in [0, 0.1) is 4.64 Å². The lowest BCUT2D eigenvalue weighted by molar-refractivity contribution is -0.137. The number of benzene rings is 1. The molecule has 0 aliphatic carbocycles. The van der Waals surface area contributed by atoms with Crippen LogP contribution in [0.5, 0.6) is 0 Å². The minimum atomic E-state index is -4.43. The van der Waals surface area contributed by atoms with Crippen molar-refractivity contribution in [1.29, 1.82) is 0 Å². The van der Waals surface area contributed by atoms with Crippen molar-refractivity contribution in [2.75, 3.05) is 0 Å². The van der Waals surface area contributed by atoms with E-state index in [1.807, 2.05) is 0 Å². The lowest BCUT2D eigenvalue weighted by Gasteiger charge is -2.09. The fourth-order valence-electron chi connectivity index (χ4n) is 1.63. The fourth-order valence-corrected chi connectivity index (χ4v) is 1.82. The van der Waals surface area contributed by atoms with Gasteiger partial charge in [0.1, 0.15) is 16.9 Å². The molecule has 1 heterocycles. The van der Waals surface area contributed by atoms with E-state index in [2.05, 4.69) is 4.98 Å². The lowest BCUT2D eigenvalue weighted by Crippen LogP contribution is -2.09. The molecule has 0 aliphatic heterocycles. The maximum absolute atomic E-state index is 12.6. The largest absolute Gasteiger partial charge is 0.456 e. The van der Waals surface area contributed by atoms with Crippen LogP contribution in [0.25, 0.3) is 0 Å². The number of aromatic amines is 1. The van der Waals surface area contributed by atoms with E-state index < -0.39 is 17.7 Å². The van der Waals surface area contributed by atoms with Crippen LogP contribution in [0.3, 0.4) is 0 Å². The minimum absolute atomic E-state index is 0.148. The first-order valence-corrected chi connectivity index (χ1v) is 6.30. The molecule has 2 rings (SSSR count). The van der Waals surface area contributed by atoms with Gasteiger partial charge in [0.25, 0.3) is 0 Å². The van der Waals surface area contributed by atoms with Gasteiger partial charge in [-0.25, -0.2) is 4.79 Å². The van der Waals surface area contributed by atoms with Gasteiger partial charge in [0.2, 0.25) is 0 Å². The van der Waals surface area contributed by atoms with E-state index in [1.54, 1.807) is 12.1 Å². The molecule has 0 amide bonds. The Morgan fingerprint density at radius 2 is 1.90 bits per heavy atom. The summed E-state index contributed by atoms with van der Waals surface area (Å²) < 4.78 is 43.0. The summed E-state index contributed by atoms with van der Waals surface area (Å²) in [6.45, 7) is -0.252. The second-order valence-electron chi connectivity index (χ2n) is 4.20. The summed E-state index contributed by atoms with van der Waals surface area (Å²) in [4.78, 5) is 14.4. The first-order chi connectivity index (χ1) is 9.86. The smallest absolute Gasteiger partial charge is 0.416 e. The van der Waals surface area contributed by atoms with Gasteiger partial charge in [-0.3, -0.25) is 0 Å². The summed E-state index contributed by atoms with van der Waals surface area (Å²) >= 11 is 4.87. The summed E-state index contributed by atoms with van der Waals surface area (Å²) in [5.74, 6) is -0.681. The quantitative estimate of drug-likeness (QED) is 0.684. The second kappa shape index (κ2) is 6.09. The third kappa shape index (κ3) is 4.16. The number of aromatic nitrogens is 1.